The number of amides is 1. The van der Waals surface area contributed by atoms with Crippen LogP contribution < -0.4 is 4.90 Å². The minimum atomic E-state index is -3.50. The number of ether oxygens (including phenoxy) is 1. The number of hydrogen-bond donors (Lipinski definition) is 0. The molecule has 178 valence electrons. The molecule has 0 N–H and O–H groups in total. The summed E-state index contributed by atoms with van der Waals surface area (Å²) in [4.78, 5) is 17.5. The summed E-state index contributed by atoms with van der Waals surface area (Å²) in [5.41, 5.74) is 2.63. The monoisotopic (exact) mass is 471 g/mol. The number of hydrogen-bond acceptors (Lipinski definition) is 5. The van der Waals surface area contributed by atoms with Crippen molar-refractivity contribution in [2.75, 3.05) is 45.2 Å². The molecule has 1 atom stereocenters. The van der Waals surface area contributed by atoms with Crippen LogP contribution in [0.1, 0.15) is 41.6 Å². The zero-order valence-electron chi connectivity index (χ0n) is 19.4. The molecule has 2 saturated heterocycles. The highest BCUT2D eigenvalue weighted by Gasteiger charge is 2.28. The van der Waals surface area contributed by atoms with Gasteiger partial charge >= 0.3 is 0 Å². The minimum absolute atomic E-state index is 0.0322. The number of carbonyl (C=O) groups is 1. The Hall–Kier alpha value is -2.42. The van der Waals surface area contributed by atoms with Crippen LogP contribution in [0.4, 0.5) is 5.69 Å². The topological polar surface area (TPSA) is 70.2 Å². The summed E-state index contributed by atoms with van der Waals surface area (Å²) in [5, 5.41) is 0. The van der Waals surface area contributed by atoms with Crippen LogP contribution in [0.2, 0.25) is 0 Å². The molecule has 4 rings (SSSR count). The summed E-state index contributed by atoms with van der Waals surface area (Å²) in [6, 6.07) is 14.5. The molecule has 2 fully saturated rings. The molecule has 33 heavy (non-hydrogen) atoms. The lowest BCUT2D eigenvalue weighted by Gasteiger charge is -2.26. The highest BCUT2D eigenvalue weighted by atomic mass is 32.2. The van der Waals surface area contributed by atoms with Crippen LogP contribution in [0.15, 0.2) is 53.4 Å². The molecule has 0 radical (unpaired) electrons. The molecule has 1 unspecified atom stereocenters. The zero-order chi connectivity index (χ0) is 23.4. The average molecular weight is 472 g/mol. The zero-order valence-corrected chi connectivity index (χ0v) is 20.3. The molecule has 2 aromatic rings. The van der Waals surface area contributed by atoms with Crippen molar-refractivity contribution >= 4 is 21.6 Å². The van der Waals surface area contributed by atoms with E-state index >= 15 is 0 Å². The number of carbonyl (C=O) groups excluding carboxylic acids is 1. The third-order valence-electron chi connectivity index (χ3n) is 6.37. The predicted octanol–water partition coefficient (Wildman–Crippen LogP) is 3.36. The van der Waals surface area contributed by atoms with E-state index in [0.29, 0.717) is 31.7 Å². The summed E-state index contributed by atoms with van der Waals surface area (Å²) in [6.45, 7) is 2.84. The smallest absolute Gasteiger partial charge is 0.254 e. The van der Waals surface area contributed by atoms with Crippen molar-refractivity contribution in [1.29, 1.82) is 0 Å². The van der Waals surface area contributed by atoms with E-state index in [1.165, 1.54) is 4.31 Å². The molecule has 8 heteroatoms. The molecule has 0 saturated carbocycles. The van der Waals surface area contributed by atoms with Gasteiger partial charge in [-0.2, -0.15) is 4.31 Å². The highest BCUT2D eigenvalue weighted by Crippen LogP contribution is 2.23. The first kappa shape index (κ1) is 23.7. The average Bonchev–Trinajstić information content (AvgIpc) is 3.53. The maximum atomic E-state index is 13.4. The largest absolute Gasteiger partial charge is 0.378 e. The van der Waals surface area contributed by atoms with E-state index in [0.717, 1.165) is 43.5 Å². The maximum absolute atomic E-state index is 13.4. The predicted molar refractivity (Wildman–Crippen MR) is 129 cm³/mol. The van der Waals surface area contributed by atoms with Crippen molar-refractivity contribution in [3.8, 4) is 0 Å². The number of sulfonamides is 1. The first-order valence-electron chi connectivity index (χ1n) is 11.6. The maximum Gasteiger partial charge on any atom is 0.254 e. The molecule has 2 aliphatic heterocycles. The van der Waals surface area contributed by atoms with Crippen molar-refractivity contribution in [2.24, 2.45) is 0 Å². The van der Waals surface area contributed by atoms with Gasteiger partial charge in [0.25, 0.3) is 5.91 Å². The van der Waals surface area contributed by atoms with E-state index < -0.39 is 10.0 Å². The first-order chi connectivity index (χ1) is 15.8. The summed E-state index contributed by atoms with van der Waals surface area (Å²) in [7, 11) is 0.496. The fourth-order valence-corrected chi connectivity index (χ4v) is 5.92. The second kappa shape index (κ2) is 10.2. The van der Waals surface area contributed by atoms with Crippen molar-refractivity contribution in [2.45, 2.75) is 43.2 Å². The van der Waals surface area contributed by atoms with Crippen LogP contribution in [-0.4, -0.2) is 70.0 Å². The van der Waals surface area contributed by atoms with E-state index in [1.54, 1.807) is 24.3 Å². The van der Waals surface area contributed by atoms with Gasteiger partial charge in [-0.3, -0.25) is 4.79 Å². The van der Waals surface area contributed by atoms with E-state index in [2.05, 4.69) is 0 Å². The molecule has 7 nitrogen and oxygen atoms in total. The van der Waals surface area contributed by atoms with Gasteiger partial charge in [0.1, 0.15) is 0 Å². The Labute approximate surface area is 197 Å². The van der Waals surface area contributed by atoms with Crippen LogP contribution in [0.25, 0.3) is 0 Å². The molecule has 0 aliphatic carbocycles. The SMILES string of the molecule is CN(C)c1ccc(CN(CC2CCCO2)C(=O)c2ccc(S(=O)(=O)N3CCCC3)cc2)cc1. The number of nitrogens with zero attached hydrogens (tertiary/aromatic N) is 3. The summed E-state index contributed by atoms with van der Waals surface area (Å²) < 4.78 is 32.9. The Kier molecular flexibility index (Phi) is 7.36. The Morgan fingerprint density at radius 2 is 1.67 bits per heavy atom. The fourth-order valence-electron chi connectivity index (χ4n) is 4.40. The molecular weight excluding hydrogens is 438 g/mol. The third kappa shape index (κ3) is 5.57. The van der Waals surface area contributed by atoms with Gasteiger partial charge in [0.15, 0.2) is 0 Å². The van der Waals surface area contributed by atoms with Gasteiger partial charge < -0.3 is 14.5 Å². The minimum Gasteiger partial charge on any atom is -0.378 e. The summed E-state index contributed by atoms with van der Waals surface area (Å²) in [5.74, 6) is -0.118. The van der Waals surface area contributed by atoms with Gasteiger partial charge in [0.05, 0.1) is 11.0 Å². The van der Waals surface area contributed by atoms with Gasteiger partial charge in [-0.25, -0.2) is 8.42 Å². The number of rotatable bonds is 8. The Balaban J connectivity index is 1.52. The van der Waals surface area contributed by atoms with Crippen molar-refractivity contribution < 1.29 is 17.9 Å². The summed E-state index contributed by atoms with van der Waals surface area (Å²) in [6.07, 6.45) is 3.77. The van der Waals surface area contributed by atoms with Gasteiger partial charge in [-0.15, -0.1) is 0 Å². The van der Waals surface area contributed by atoms with Crippen LogP contribution in [0.5, 0.6) is 0 Å². The van der Waals surface area contributed by atoms with Crippen LogP contribution in [0, 0.1) is 0 Å². The van der Waals surface area contributed by atoms with Crippen molar-refractivity contribution in [3.63, 3.8) is 0 Å². The Morgan fingerprint density at radius 1 is 1.00 bits per heavy atom. The Bertz CT molecular complexity index is 1040. The molecule has 2 heterocycles. The van der Waals surface area contributed by atoms with Crippen molar-refractivity contribution in [3.05, 3.63) is 59.7 Å². The fraction of sp³-hybridized carbons (Fsp3) is 0.480. The second-order valence-corrected chi connectivity index (χ2v) is 11.0. The molecule has 1 amide bonds. The molecular formula is C25H33N3O4S. The van der Waals surface area contributed by atoms with E-state index in [9.17, 15) is 13.2 Å². The molecule has 0 bridgehead atoms. The Morgan fingerprint density at radius 3 is 2.24 bits per heavy atom. The van der Waals surface area contributed by atoms with E-state index in [4.69, 9.17) is 4.74 Å². The van der Waals surface area contributed by atoms with Gasteiger partial charge in [-0.05, 0) is 67.6 Å². The quantitative estimate of drug-likeness (QED) is 0.591. The number of anilines is 1. The molecule has 0 spiro atoms. The second-order valence-electron chi connectivity index (χ2n) is 9.02. The normalized spacial score (nSPS) is 19.0. The molecule has 0 aromatic heterocycles. The standard InChI is InChI=1S/C25H33N3O4S/c1-26(2)22-11-7-20(8-12-22)18-27(19-23-6-5-17-32-23)25(29)21-9-13-24(14-10-21)33(30,31)28-15-3-4-16-28/h7-14,23H,3-6,15-19H2,1-2H3. The lowest BCUT2D eigenvalue weighted by Crippen LogP contribution is -2.37. The summed E-state index contributed by atoms with van der Waals surface area (Å²) >= 11 is 0. The third-order valence-corrected chi connectivity index (χ3v) is 8.28. The van der Waals surface area contributed by atoms with Crippen LogP contribution in [0.3, 0.4) is 0 Å². The highest BCUT2D eigenvalue weighted by molar-refractivity contribution is 7.89. The molecule has 2 aromatic carbocycles. The number of benzene rings is 2. The van der Waals surface area contributed by atoms with Gasteiger partial charge in [0.2, 0.25) is 10.0 Å². The van der Waals surface area contributed by atoms with E-state index in [1.807, 2.05) is 48.2 Å². The van der Waals surface area contributed by atoms with Crippen LogP contribution >= 0.6 is 0 Å². The van der Waals surface area contributed by atoms with E-state index in [-0.39, 0.29) is 16.9 Å². The first-order valence-corrected chi connectivity index (χ1v) is 13.1. The van der Waals surface area contributed by atoms with Gasteiger partial charge in [0, 0.05) is 58.1 Å². The van der Waals surface area contributed by atoms with Gasteiger partial charge in [-0.1, -0.05) is 12.1 Å². The lowest BCUT2D eigenvalue weighted by atomic mass is 10.1. The van der Waals surface area contributed by atoms with Crippen molar-refractivity contribution in [1.82, 2.24) is 9.21 Å². The molecule has 2 aliphatic rings. The van der Waals surface area contributed by atoms with Crippen LogP contribution in [-0.2, 0) is 21.3 Å². The lowest BCUT2D eigenvalue weighted by molar-refractivity contribution is 0.0507.